The summed E-state index contributed by atoms with van der Waals surface area (Å²) in [5.41, 5.74) is 17.4. The average molecular weight is 830 g/mol. The molecule has 65 heavy (non-hydrogen) atoms. The van der Waals surface area contributed by atoms with E-state index in [1.807, 2.05) is 0 Å². The molecule has 1 aliphatic carbocycles. The Kier molecular flexibility index (Phi) is 8.29. The Morgan fingerprint density at radius 3 is 1.68 bits per heavy atom. The van der Waals surface area contributed by atoms with E-state index in [1.54, 1.807) is 0 Å². The molecule has 0 radical (unpaired) electrons. The van der Waals surface area contributed by atoms with E-state index >= 15 is 0 Å². The summed E-state index contributed by atoms with van der Waals surface area (Å²) in [5, 5.41) is 9.48. The van der Waals surface area contributed by atoms with E-state index in [-0.39, 0.29) is 5.41 Å². The van der Waals surface area contributed by atoms with Crippen molar-refractivity contribution in [1.82, 2.24) is 0 Å². The topological polar surface area (TPSA) is 16.4 Å². The van der Waals surface area contributed by atoms with Gasteiger partial charge in [-0.05, 0) is 126 Å². The van der Waals surface area contributed by atoms with Crippen LogP contribution in [0, 0.1) is 0 Å². The molecule has 11 aromatic carbocycles. The zero-order chi connectivity index (χ0) is 43.2. The number of nitrogens with zero attached hydrogens (tertiary/aromatic N) is 1. The van der Waals surface area contributed by atoms with E-state index < -0.39 is 0 Å². The zero-order valence-corrected chi connectivity index (χ0v) is 36.2. The van der Waals surface area contributed by atoms with Crippen LogP contribution in [0.15, 0.2) is 229 Å². The Bertz CT molecular complexity index is 3840. The average Bonchev–Trinajstić information content (AvgIpc) is 3.87. The highest BCUT2D eigenvalue weighted by molar-refractivity contribution is 6.32. The first-order chi connectivity index (χ1) is 32.0. The van der Waals surface area contributed by atoms with Gasteiger partial charge in [0.15, 0.2) is 0 Å². The van der Waals surface area contributed by atoms with Gasteiger partial charge in [-0.2, -0.15) is 0 Å². The zero-order valence-electron chi connectivity index (χ0n) is 36.2. The molecule has 0 bridgehead atoms. The second-order valence-electron chi connectivity index (χ2n) is 18.0. The highest BCUT2D eigenvalue weighted by Gasteiger charge is 2.36. The highest BCUT2D eigenvalue weighted by Crippen LogP contribution is 2.52. The van der Waals surface area contributed by atoms with Gasteiger partial charge in [0.05, 0.1) is 0 Å². The van der Waals surface area contributed by atoms with E-state index in [4.69, 9.17) is 4.42 Å². The van der Waals surface area contributed by atoms with E-state index in [0.29, 0.717) is 0 Å². The van der Waals surface area contributed by atoms with Crippen LogP contribution in [0.5, 0.6) is 0 Å². The monoisotopic (exact) mass is 829 g/mol. The van der Waals surface area contributed by atoms with E-state index in [2.05, 4.69) is 243 Å². The largest absolute Gasteiger partial charge is 0.455 e. The fraction of sp³-hybridized carbons (Fsp3) is 0.0476. The van der Waals surface area contributed by atoms with Crippen molar-refractivity contribution < 1.29 is 4.42 Å². The molecular weight excluding hydrogens is 787 g/mol. The lowest BCUT2D eigenvalue weighted by Gasteiger charge is -2.28. The number of fused-ring (bicyclic) bond motifs is 12. The Labute approximate surface area is 378 Å². The third kappa shape index (κ3) is 5.81. The summed E-state index contributed by atoms with van der Waals surface area (Å²) in [5.74, 6) is 0. The van der Waals surface area contributed by atoms with Gasteiger partial charge in [-0.15, -0.1) is 0 Å². The predicted molar refractivity (Wildman–Crippen MR) is 275 cm³/mol. The first kappa shape index (κ1) is 37.4. The maximum Gasteiger partial charge on any atom is 0.143 e. The van der Waals surface area contributed by atoms with Gasteiger partial charge in [-0.3, -0.25) is 0 Å². The first-order valence-electron chi connectivity index (χ1n) is 22.6. The SMILES string of the molecule is CC1(C)c2ccccc2-c2ccc(N(c3ccc(-c4ccccc4)cc3)c3ccc(-c4c(-c5ccc6ccccc6c5)ccc5oc6c7ccccc7c7ccccc7c6c45)cc3)cc21. The summed E-state index contributed by atoms with van der Waals surface area (Å²) in [7, 11) is 0. The van der Waals surface area contributed by atoms with Crippen LogP contribution >= 0.6 is 0 Å². The summed E-state index contributed by atoms with van der Waals surface area (Å²) in [6.45, 7) is 4.71. The Morgan fingerprint density at radius 2 is 0.908 bits per heavy atom. The van der Waals surface area contributed by atoms with Gasteiger partial charge in [0.25, 0.3) is 0 Å². The molecule has 0 fully saturated rings. The molecule has 0 unspecified atom stereocenters. The van der Waals surface area contributed by atoms with E-state index in [0.717, 1.165) is 50.0 Å². The van der Waals surface area contributed by atoms with Crippen LogP contribution < -0.4 is 4.90 Å². The van der Waals surface area contributed by atoms with Gasteiger partial charge in [0, 0.05) is 44.2 Å². The molecule has 0 aliphatic heterocycles. The molecule has 0 N–H and O–H groups in total. The van der Waals surface area contributed by atoms with Gasteiger partial charge in [-0.1, -0.05) is 190 Å². The smallest absolute Gasteiger partial charge is 0.143 e. The van der Waals surface area contributed by atoms with Crippen LogP contribution in [0.1, 0.15) is 25.0 Å². The molecular formula is C63H43NO. The van der Waals surface area contributed by atoms with Crippen molar-refractivity contribution in [3.63, 3.8) is 0 Å². The third-order valence-electron chi connectivity index (χ3n) is 14.0. The van der Waals surface area contributed by atoms with Crippen molar-refractivity contribution in [3.8, 4) is 44.5 Å². The molecule has 2 heteroatoms. The number of hydrogen-bond donors (Lipinski definition) is 0. The lowest BCUT2D eigenvalue weighted by molar-refractivity contribution is 0.660. The molecule has 306 valence electrons. The van der Waals surface area contributed by atoms with Gasteiger partial charge in [-0.25, -0.2) is 0 Å². The maximum absolute atomic E-state index is 6.98. The molecule has 0 spiro atoms. The number of anilines is 3. The van der Waals surface area contributed by atoms with Gasteiger partial charge < -0.3 is 9.32 Å². The minimum Gasteiger partial charge on any atom is -0.455 e. The molecule has 0 saturated heterocycles. The fourth-order valence-electron chi connectivity index (χ4n) is 10.9. The molecule has 1 heterocycles. The summed E-state index contributed by atoms with van der Waals surface area (Å²) in [6, 6.07) is 82.1. The number of benzene rings is 11. The third-order valence-corrected chi connectivity index (χ3v) is 14.0. The molecule has 0 amide bonds. The first-order valence-corrected chi connectivity index (χ1v) is 22.6. The number of furan rings is 1. The van der Waals surface area contributed by atoms with Crippen molar-refractivity contribution >= 4 is 71.3 Å². The standard InChI is InChI=1S/C63H43NO/c1-63(2)56-23-13-12-20-52(56)53-35-34-48(39-57(53)63)64(46-30-26-42(27-31-46)40-14-4-3-5-15-40)47-32-28-43(29-33-47)59-49(45-25-24-41-16-6-7-17-44(41)38-45)36-37-58-61(59)60-54-21-10-8-18-50(54)51-19-9-11-22-55(51)62(60)65-58/h3-39H,1-2H3. The van der Waals surface area contributed by atoms with Crippen LogP contribution in [0.3, 0.4) is 0 Å². The van der Waals surface area contributed by atoms with Crippen LogP contribution in [-0.2, 0) is 5.41 Å². The van der Waals surface area contributed by atoms with Crippen LogP contribution in [0.25, 0.3) is 98.8 Å². The van der Waals surface area contributed by atoms with Gasteiger partial charge in [0.1, 0.15) is 11.2 Å². The van der Waals surface area contributed by atoms with Crippen LogP contribution in [0.4, 0.5) is 17.1 Å². The summed E-state index contributed by atoms with van der Waals surface area (Å²) in [4.78, 5) is 2.41. The molecule has 13 rings (SSSR count). The van der Waals surface area contributed by atoms with Crippen molar-refractivity contribution in [3.05, 3.63) is 236 Å². The molecule has 1 aliphatic rings. The van der Waals surface area contributed by atoms with E-state index in [9.17, 15) is 0 Å². The minimum atomic E-state index is -0.130. The summed E-state index contributed by atoms with van der Waals surface area (Å²) in [6.07, 6.45) is 0. The maximum atomic E-state index is 6.98. The van der Waals surface area contributed by atoms with Gasteiger partial charge >= 0.3 is 0 Å². The Hall–Kier alpha value is -8.20. The lowest BCUT2D eigenvalue weighted by Crippen LogP contribution is -2.16. The number of rotatable bonds is 6. The van der Waals surface area contributed by atoms with Gasteiger partial charge in [0.2, 0.25) is 0 Å². The van der Waals surface area contributed by atoms with Crippen molar-refractivity contribution in [1.29, 1.82) is 0 Å². The predicted octanol–water partition coefficient (Wildman–Crippen LogP) is 17.8. The van der Waals surface area contributed by atoms with Crippen LogP contribution in [0.2, 0.25) is 0 Å². The molecule has 0 atom stereocenters. The normalized spacial score (nSPS) is 12.9. The summed E-state index contributed by atoms with van der Waals surface area (Å²) < 4.78 is 6.98. The quantitative estimate of drug-likeness (QED) is 0.155. The molecule has 1 aromatic heterocycles. The lowest BCUT2D eigenvalue weighted by atomic mass is 9.82. The second-order valence-corrected chi connectivity index (χ2v) is 18.0. The second kappa shape index (κ2) is 14.4. The summed E-state index contributed by atoms with van der Waals surface area (Å²) >= 11 is 0. The van der Waals surface area contributed by atoms with Crippen LogP contribution in [-0.4, -0.2) is 0 Å². The Morgan fingerprint density at radius 1 is 0.354 bits per heavy atom. The molecule has 0 saturated carbocycles. The fourth-order valence-corrected chi connectivity index (χ4v) is 10.9. The Balaban J connectivity index is 1.03. The van der Waals surface area contributed by atoms with Crippen molar-refractivity contribution in [2.24, 2.45) is 0 Å². The molecule has 2 nitrogen and oxygen atoms in total. The van der Waals surface area contributed by atoms with Crippen molar-refractivity contribution in [2.45, 2.75) is 19.3 Å². The van der Waals surface area contributed by atoms with E-state index in [1.165, 1.54) is 77.0 Å². The van der Waals surface area contributed by atoms with Crippen molar-refractivity contribution in [2.75, 3.05) is 4.90 Å². The number of hydrogen-bond acceptors (Lipinski definition) is 2. The minimum absolute atomic E-state index is 0.130. The molecule has 12 aromatic rings. The highest BCUT2D eigenvalue weighted by atomic mass is 16.3.